The van der Waals surface area contributed by atoms with Crippen molar-refractivity contribution in [2.75, 3.05) is 40.1 Å². The van der Waals surface area contributed by atoms with Gasteiger partial charge in [-0.25, -0.2) is 4.68 Å². The van der Waals surface area contributed by atoms with Crippen molar-refractivity contribution in [2.45, 2.75) is 6.54 Å². The highest BCUT2D eigenvalue weighted by Gasteiger charge is 2.27. The maximum atomic E-state index is 13.7. The van der Waals surface area contributed by atoms with E-state index in [4.69, 9.17) is 19.3 Å². The zero-order chi connectivity index (χ0) is 25.2. The molecule has 2 aliphatic rings. The minimum absolute atomic E-state index is 0.0202. The lowest BCUT2D eigenvalue weighted by Gasteiger charge is -2.34. The lowest BCUT2D eigenvalue weighted by Crippen LogP contribution is -2.48. The van der Waals surface area contributed by atoms with Gasteiger partial charge in [0.25, 0.3) is 5.91 Å². The number of ether oxygens (including phenoxy) is 3. The van der Waals surface area contributed by atoms with Crippen LogP contribution in [0.25, 0.3) is 16.9 Å². The molecule has 0 radical (unpaired) electrons. The number of nitrogens with zero attached hydrogens (tertiary/aromatic N) is 4. The van der Waals surface area contributed by atoms with Gasteiger partial charge in [-0.15, -0.1) is 0 Å². The average molecular weight is 497 g/mol. The van der Waals surface area contributed by atoms with E-state index in [0.29, 0.717) is 18.8 Å². The van der Waals surface area contributed by atoms with Crippen LogP contribution in [0.4, 0.5) is 0 Å². The molecule has 1 amide bonds. The van der Waals surface area contributed by atoms with E-state index < -0.39 is 0 Å². The topological polar surface area (TPSA) is 69.1 Å². The predicted molar refractivity (Wildman–Crippen MR) is 139 cm³/mol. The molecule has 0 atom stereocenters. The van der Waals surface area contributed by atoms with Gasteiger partial charge in [0.05, 0.1) is 18.5 Å². The van der Waals surface area contributed by atoms with Gasteiger partial charge in [-0.1, -0.05) is 36.4 Å². The zero-order valence-corrected chi connectivity index (χ0v) is 20.7. The second-order valence-corrected chi connectivity index (χ2v) is 9.15. The lowest BCUT2D eigenvalue weighted by molar-refractivity contribution is 0.0619. The molecule has 37 heavy (non-hydrogen) atoms. The number of carbonyl (C=O) groups is 1. The maximum Gasteiger partial charge on any atom is 0.272 e. The first kappa shape index (κ1) is 23.1. The van der Waals surface area contributed by atoms with Gasteiger partial charge >= 0.3 is 0 Å². The lowest BCUT2D eigenvalue weighted by atomic mass is 10.1. The molecule has 3 heterocycles. The zero-order valence-electron chi connectivity index (χ0n) is 20.7. The van der Waals surface area contributed by atoms with Gasteiger partial charge in [0.15, 0.2) is 11.5 Å². The molecule has 0 saturated carbocycles. The van der Waals surface area contributed by atoms with Crippen LogP contribution < -0.4 is 14.2 Å². The van der Waals surface area contributed by atoms with Gasteiger partial charge in [0, 0.05) is 38.3 Å². The Kier molecular flexibility index (Phi) is 6.24. The number of benzene rings is 3. The van der Waals surface area contributed by atoms with E-state index in [-0.39, 0.29) is 12.7 Å². The van der Waals surface area contributed by atoms with Gasteiger partial charge in [-0.05, 0) is 48.0 Å². The molecule has 8 heteroatoms. The molecule has 8 nitrogen and oxygen atoms in total. The van der Waals surface area contributed by atoms with E-state index in [1.807, 2.05) is 77.7 Å². The molecule has 0 N–H and O–H groups in total. The molecule has 6 rings (SSSR count). The van der Waals surface area contributed by atoms with Gasteiger partial charge in [-0.2, -0.15) is 5.10 Å². The Labute approximate surface area is 215 Å². The van der Waals surface area contributed by atoms with E-state index in [1.54, 1.807) is 11.8 Å². The summed E-state index contributed by atoms with van der Waals surface area (Å²) in [6.45, 7) is 3.97. The largest absolute Gasteiger partial charge is 0.497 e. The van der Waals surface area contributed by atoms with Crippen LogP contribution in [0.5, 0.6) is 17.2 Å². The van der Waals surface area contributed by atoms with Gasteiger partial charge in [-0.3, -0.25) is 9.69 Å². The number of piperazine rings is 1. The number of fused-ring (bicyclic) bond motifs is 1. The van der Waals surface area contributed by atoms with Crippen LogP contribution in [-0.2, 0) is 6.54 Å². The average Bonchev–Trinajstić information content (AvgIpc) is 3.61. The minimum Gasteiger partial charge on any atom is -0.497 e. The van der Waals surface area contributed by atoms with Crippen LogP contribution >= 0.6 is 0 Å². The van der Waals surface area contributed by atoms with Crippen LogP contribution in [0.3, 0.4) is 0 Å². The smallest absolute Gasteiger partial charge is 0.272 e. The molecule has 1 saturated heterocycles. The highest BCUT2D eigenvalue weighted by atomic mass is 16.7. The molecule has 0 spiro atoms. The first-order valence-corrected chi connectivity index (χ1v) is 12.4. The van der Waals surface area contributed by atoms with E-state index >= 15 is 0 Å². The van der Waals surface area contributed by atoms with Gasteiger partial charge in [0.1, 0.15) is 11.4 Å². The summed E-state index contributed by atoms with van der Waals surface area (Å²) in [5.41, 5.74) is 4.20. The summed E-state index contributed by atoms with van der Waals surface area (Å²) in [6, 6.07) is 25.5. The second-order valence-electron chi connectivity index (χ2n) is 9.15. The number of aromatic nitrogens is 2. The molecule has 2 aliphatic heterocycles. The monoisotopic (exact) mass is 496 g/mol. The van der Waals surface area contributed by atoms with Crippen molar-refractivity contribution in [2.24, 2.45) is 0 Å². The van der Waals surface area contributed by atoms with Crippen LogP contribution in [-0.4, -0.2) is 65.6 Å². The number of methoxy groups -OCH3 is 1. The van der Waals surface area contributed by atoms with Crippen LogP contribution in [0.2, 0.25) is 0 Å². The number of amides is 1. The predicted octanol–water partition coefficient (Wildman–Crippen LogP) is 4.23. The summed E-state index contributed by atoms with van der Waals surface area (Å²) in [5.74, 6) is 2.32. The fourth-order valence-electron chi connectivity index (χ4n) is 4.79. The standard InChI is InChI=1S/C29H28N4O4/c1-35-24-9-5-6-22(17-24)25-18-26(33(30-25)23-7-3-2-4-8-23)29(34)32-14-12-31(13-15-32)19-21-10-11-27-28(16-21)37-20-36-27/h2-11,16-18H,12-15,19-20H2,1H3. The summed E-state index contributed by atoms with van der Waals surface area (Å²) in [6.07, 6.45) is 0. The Bertz CT molecular complexity index is 1410. The minimum atomic E-state index is -0.0202. The molecule has 188 valence electrons. The quantitative estimate of drug-likeness (QED) is 0.398. The van der Waals surface area contributed by atoms with Crippen molar-refractivity contribution in [1.29, 1.82) is 0 Å². The van der Waals surface area contributed by atoms with Crippen molar-refractivity contribution < 1.29 is 19.0 Å². The summed E-state index contributed by atoms with van der Waals surface area (Å²) in [4.78, 5) is 18.0. The van der Waals surface area contributed by atoms with Crippen molar-refractivity contribution in [1.82, 2.24) is 19.6 Å². The number of rotatable bonds is 6. The Morgan fingerprint density at radius 2 is 1.70 bits per heavy atom. The van der Waals surface area contributed by atoms with Crippen LogP contribution in [0, 0.1) is 0 Å². The Balaban J connectivity index is 1.20. The molecule has 1 aromatic heterocycles. The van der Waals surface area contributed by atoms with Crippen molar-refractivity contribution in [3.05, 3.63) is 90.1 Å². The molecule has 0 bridgehead atoms. The van der Waals surface area contributed by atoms with Crippen LogP contribution in [0.15, 0.2) is 78.9 Å². The normalized spacial score (nSPS) is 15.1. The van der Waals surface area contributed by atoms with Crippen LogP contribution in [0.1, 0.15) is 16.1 Å². The third kappa shape index (κ3) is 4.75. The highest BCUT2D eigenvalue weighted by Crippen LogP contribution is 2.33. The molecule has 0 unspecified atom stereocenters. The Hall–Kier alpha value is -4.30. The van der Waals surface area contributed by atoms with Crippen molar-refractivity contribution in [3.63, 3.8) is 0 Å². The van der Waals surface area contributed by atoms with E-state index in [2.05, 4.69) is 11.0 Å². The second kappa shape index (κ2) is 9.99. The molecular weight excluding hydrogens is 468 g/mol. The van der Waals surface area contributed by atoms with Crippen molar-refractivity contribution >= 4 is 5.91 Å². The third-order valence-corrected chi connectivity index (χ3v) is 6.80. The highest BCUT2D eigenvalue weighted by molar-refractivity contribution is 5.94. The third-order valence-electron chi connectivity index (χ3n) is 6.80. The number of hydrogen-bond acceptors (Lipinski definition) is 6. The van der Waals surface area contributed by atoms with Gasteiger partial charge < -0.3 is 19.1 Å². The maximum absolute atomic E-state index is 13.7. The summed E-state index contributed by atoms with van der Waals surface area (Å²) in [5, 5.41) is 4.82. The first-order valence-electron chi connectivity index (χ1n) is 12.4. The number of para-hydroxylation sites is 1. The molecular formula is C29H28N4O4. The Morgan fingerprint density at radius 3 is 2.51 bits per heavy atom. The fraction of sp³-hybridized carbons (Fsp3) is 0.241. The number of carbonyl (C=O) groups excluding carboxylic acids is 1. The van der Waals surface area contributed by atoms with E-state index in [9.17, 15) is 4.79 Å². The molecule has 0 aliphatic carbocycles. The summed E-state index contributed by atoms with van der Waals surface area (Å²) < 4.78 is 18.1. The summed E-state index contributed by atoms with van der Waals surface area (Å²) in [7, 11) is 1.64. The number of hydrogen-bond donors (Lipinski definition) is 0. The Morgan fingerprint density at radius 1 is 0.892 bits per heavy atom. The van der Waals surface area contributed by atoms with Crippen molar-refractivity contribution in [3.8, 4) is 34.2 Å². The fourth-order valence-corrected chi connectivity index (χ4v) is 4.79. The van der Waals surface area contributed by atoms with E-state index in [0.717, 1.165) is 53.8 Å². The summed E-state index contributed by atoms with van der Waals surface area (Å²) >= 11 is 0. The first-order chi connectivity index (χ1) is 18.2. The molecule has 1 fully saturated rings. The van der Waals surface area contributed by atoms with E-state index in [1.165, 1.54) is 5.56 Å². The van der Waals surface area contributed by atoms with Gasteiger partial charge in [0.2, 0.25) is 6.79 Å². The molecule has 4 aromatic rings. The SMILES string of the molecule is COc1cccc(-c2cc(C(=O)N3CCN(Cc4ccc5c(c4)OCO5)CC3)n(-c3ccccc3)n2)c1. The molecule has 3 aromatic carbocycles.